The van der Waals surface area contributed by atoms with Crippen molar-refractivity contribution < 1.29 is 12.8 Å². The largest absolute Gasteiger partial charge is 0.467 e. The Kier molecular flexibility index (Phi) is 9.66. The van der Waals surface area contributed by atoms with E-state index in [-0.39, 0.29) is 29.7 Å². The van der Waals surface area contributed by atoms with Crippen LogP contribution in [-0.2, 0) is 28.9 Å². The summed E-state index contributed by atoms with van der Waals surface area (Å²) in [6, 6.07) is 11.1. The van der Waals surface area contributed by atoms with Crippen LogP contribution in [0.4, 0.5) is 0 Å². The molecule has 9 heteroatoms. The number of benzene rings is 1. The van der Waals surface area contributed by atoms with Gasteiger partial charge in [-0.1, -0.05) is 24.3 Å². The fraction of sp³-hybridized carbons (Fsp3) is 0.353. The Balaban J connectivity index is 0.00000338. The summed E-state index contributed by atoms with van der Waals surface area (Å²) in [5.41, 5.74) is 1.74. The van der Waals surface area contributed by atoms with Crippen LogP contribution in [0.3, 0.4) is 0 Å². The van der Waals surface area contributed by atoms with Gasteiger partial charge in [-0.15, -0.1) is 24.0 Å². The number of furan rings is 1. The van der Waals surface area contributed by atoms with E-state index in [1.54, 1.807) is 6.26 Å². The molecule has 2 aromatic rings. The Morgan fingerprint density at radius 3 is 2.38 bits per heavy atom. The molecule has 0 fully saturated rings. The SMILES string of the molecule is CCNC(=NCc1ccc(CS(=O)(=O)NC)cc1)NCc1ccco1.I. The second kappa shape index (κ2) is 11.2. The van der Waals surface area contributed by atoms with Crippen LogP contribution in [0.15, 0.2) is 52.1 Å². The second-order valence-electron chi connectivity index (χ2n) is 5.41. The second-order valence-corrected chi connectivity index (χ2v) is 7.33. The van der Waals surface area contributed by atoms with Gasteiger partial charge in [0.05, 0.1) is 25.1 Å². The van der Waals surface area contributed by atoms with Crippen molar-refractivity contribution in [1.29, 1.82) is 0 Å². The Morgan fingerprint density at radius 1 is 1.12 bits per heavy atom. The Morgan fingerprint density at radius 2 is 1.81 bits per heavy atom. The van der Waals surface area contributed by atoms with Gasteiger partial charge in [-0.25, -0.2) is 18.1 Å². The zero-order chi connectivity index (χ0) is 18.1. The molecular formula is C17H25IN4O3S. The summed E-state index contributed by atoms with van der Waals surface area (Å²) in [4.78, 5) is 4.53. The Labute approximate surface area is 171 Å². The molecule has 1 heterocycles. The highest BCUT2D eigenvalue weighted by Gasteiger charge is 2.08. The number of halogens is 1. The van der Waals surface area contributed by atoms with Crippen molar-refractivity contribution in [3.05, 3.63) is 59.5 Å². The standard InChI is InChI=1S/C17H24N4O3S.HI/c1-3-19-17(21-12-16-5-4-10-24-16)20-11-14-6-8-15(9-7-14)13-25(22,23)18-2;/h4-10,18H,3,11-13H2,1-2H3,(H2,19,20,21);1H. The third-order valence-electron chi connectivity index (χ3n) is 3.46. The first kappa shape index (κ1) is 22.5. The topological polar surface area (TPSA) is 95.7 Å². The number of hydrogen-bond acceptors (Lipinski definition) is 4. The molecule has 0 amide bonds. The third kappa shape index (κ3) is 7.75. The highest BCUT2D eigenvalue weighted by Crippen LogP contribution is 2.08. The van der Waals surface area contributed by atoms with Gasteiger partial charge < -0.3 is 15.1 Å². The minimum atomic E-state index is -3.25. The van der Waals surface area contributed by atoms with Gasteiger partial charge in [0.1, 0.15) is 5.76 Å². The molecule has 0 spiro atoms. The van der Waals surface area contributed by atoms with Crippen molar-refractivity contribution in [3.8, 4) is 0 Å². The highest BCUT2D eigenvalue weighted by molar-refractivity contribution is 14.0. The van der Waals surface area contributed by atoms with Gasteiger partial charge in [0, 0.05) is 6.54 Å². The average molecular weight is 492 g/mol. The maximum absolute atomic E-state index is 11.6. The van der Waals surface area contributed by atoms with Crippen molar-refractivity contribution in [2.75, 3.05) is 13.6 Å². The molecule has 0 unspecified atom stereocenters. The number of nitrogens with zero attached hydrogens (tertiary/aromatic N) is 1. The number of sulfonamides is 1. The Hall–Kier alpha value is -1.59. The summed E-state index contributed by atoms with van der Waals surface area (Å²) in [7, 11) is -1.84. The number of hydrogen-bond donors (Lipinski definition) is 3. The van der Waals surface area contributed by atoms with Gasteiger partial charge in [-0.2, -0.15) is 0 Å². The van der Waals surface area contributed by atoms with Gasteiger partial charge in [0.25, 0.3) is 0 Å². The molecule has 0 saturated heterocycles. The lowest BCUT2D eigenvalue weighted by Gasteiger charge is -2.10. The van der Waals surface area contributed by atoms with Crippen LogP contribution in [0.5, 0.6) is 0 Å². The quantitative estimate of drug-likeness (QED) is 0.299. The van der Waals surface area contributed by atoms with Crippen LogP contribution in [0, 0.1) is 0 Å². The molecule has 1 aromatic carbocycles. The maximum Gasteiger partial charge on any atom is 0.215 e. The number of guanidine groups is 1. The van der Waals surface area contributed by atoms with Crippen LogP contribution in [0.2, 0.25) is 0 Å². The highest BCUT2D eigenvalue weighted by atomic mass is 127. The van der Waals surface area contributed by atoms with E-state index in [1.165, 1.54) is 7.05 Å². The zero-order valence-corrected chi connectivity index (χ0v) is 18.0. The number of aliphatic imine (C=N–C) groups is 1. The summed E-state index contributed by atoms with van der Waals surface area (Å²) in [6.07, 6.45) is 1.64. The van der Waals surface area contributed by atoms with Crippen LogP contribution in [-0.4, -0.2) is 28.0 Å². The van der Waals surface area contributed by atoms with Crippen molar-refractivity contribution >= 4 is 40.0 Å². The van der Waals surface area contributed by atoms with E-state index < -0.39 is 10.0 Å². The molecule has 0 aliphatic heterocycles. The molecule has 2 rings (SSSR count). The van der Waals surface area contributed by atoms with E-state index in [9.17, 15) is 8.42 Å². The average Bonchev–Trinajstić information content (AvgIpc) is 3.12. The van der Waals surface area contributed by atoms with E-state index in [0.717, 1.165) is 23.4 Å². The molecule has 0 atom stereocenters. The van der Waals surface area contributed by atoms with Gasteiger partial charge in [-0.05, 0) is 37.2 Å². The number of nitrogens with one attached hydrogen (secondary N) is 3. The molecule has 3 N–H and O–H groups in total. The summed E-state index contributed by atoms with van der Waals surface area (Å²) in [5, 5.41) is 6.38. The Bertz CT molecular complexity index is 775. The summed E-state index contributed by atoms with van der Waals surface area (Å²) in [5.74, 6) is 1.50. The first-order valence-electron chi connectivity index (χ1n) is 8.06. The fourth-order valence-corrected chi connectivity index (χ4v) is 2.90. The predicted octanol–water partition coefficient (Wildman–Crippen LogP) is 2.20. The minimum Gasteiger partial charge on any atom is -0.467 e. The summed E-state index contributed by atoms with van der Waals surface area (Å²) in [6.45, 7) is 3.80. The lowest BCUT2D eigenvalue weighted by atomic mass is 10.1. The molecule has 1 aromatic heterocycles. The smallest absolute Gasteiger partial charge is 0.215 e. The van der Waals surface area contributed by atoms with E-state index in [1.807, 2.05) is 43.3 Å². The maximum atomic E-state index is 11.6. The van der Waals surface area contributed by atoms with Gasteiger partial charge in [0.2, 0.25) is 10.0 Å². The van der Waals surface area contributed by atoms with Crippen LogP contribution >= 0.6 is 24.0 Å². The van der Waals surface area contributed by atoms with Crippen molar-refractivity contribution in [3.63, 3.8) is 0 Å². The lowest BCUT2D eigenvalue weighted by molar-refractivity contribution is 0.501. The molecule has 0 bridgehead atoms. The van der Waals surface area contributed by atoms with Gasteiger partial charge in [-0.3, -0.25) is 0 Å². The molecule has 7 nitrogen and oxygen atoms in total. The summed E-state index contributed by atoms with van der Waals surface area (Å²) < 4.78 is 30.7. The minimum absolute atomic E-state index is 0. The van der Waals surface area contributed by atoms with E-state index in [0.29, 0.717) is 19.0 Å². The third-order valence-corrected chi connectivity index (χ3v) is 4.80. The van der Waals surface area contributed by atoms with E-state index >= 15 is 0 Å². The molecular weight excluding hydrogens is 467 g/mol. The van der Waals surface area contributed by atoms with E-state index in [2.05, 4.69) is 20.3 Å². The first-order valence-corrected chi connectivity index (χ1v) is 9.71. The molecule has 0 aliphatic rings. The predicted molar refractivity (Wildman–Crippen MR) is 114 cm³/mol. The first-order chi connectivity index (χ1) is 12.0. The van der Waals surface area contributed by atoms with Crippen LogP contribution < -0.4 is 15.4 Å². The van der Waals surface area contributed by atoms with Crippen LogP contribution in [0.25, 0.3) is 0 Å². The molecule has 26 heavy (non-hydrogen) atoms. The normalized spacial score (nSPS) is 11.7. The zero-order valence-electron chi connectivity index (χ0n) is 14.9. The monoisotopic (exact) mass is 492 g/mol. The lowest BCUT2D eigenvalue weighted by Crippen LogP contribution is -2.36. The number of rotatable bonds is 8. The van der Waals surface area contributed by atoms with E-state index in [4.69, 9.17) is 4.42 Å². The fourth-order valence-electron chi connectivity index (χ4n) is 2.13. The molecule has 0 aliphatic carbocycles. The van der Waals surface area contributed by atoms with Gasteiger partial charge in [0.15, 0.2) is 5.96 Å². The molecule has 0 radical (unpaired) electrons. The molecule has 0 saturated carbocycles. The summed E-state index contributed by atoms with van der Waals surface area (Å²) >= 11 is 0. The molecule has 144 valence electrons. The van der Waals surface area contributed by atoms with Crippen molar-refractivity contribution in [2.24, 2.45) is 4.99 Å². The van der Waals surface area contributed by atoms with Gasteiger partial charge >= 0.3 is 0 Å². The van der Waals surface area contributed by atoms with Crippen molar-refractivity contribution in [2.45, 2.75) is 25.8 Å². The van der Waals surface area contributed by atoms with Crippen LogP contribution in [0.1, 0.15) is 23.8 Å². The van der Waals surface area contributed by atoms with Crippen molar-refractivity contribution in [1.82, 2.24) is 15.4 Å².